The number of carbonyl (C=O) groups excluding carboxylic acids is 1. The summed E-state index contributed by atoms with van der Waals surface area (Å²) in [7, 11) is 0. The Hall–Kier alpha value is -2.53. The zero-order chi connectivity index (χ0) is 15.6. The van der Waals surface area contributed by atoms with Gasteiger partial charge in [0.05, 0.1) is 6.54 Å². The molecule has 0 bridgehead atoms. The molecule has 0 fully saturated rings. The van der Waals surface area contributed by atoms with Crippen molar-refractivity contribution in [1.29, 1.82) is 0 Å². The zero-order valence-electron chi connectivity index (χ0n) is 12.2. The van der Waals surface area contributed by atoms with Crippen molar-refractivity contribution in [3.8, 4) is 11.5 Å². The van der Waals surface area contributed by atoms with Crippen LogP contribution in [0.2, 0.25) is 0 Å². The Labute approximate surface area is 128 Å². The predicted molar refractivity (Wildman–Crippen MR) is 80.9 cm³/mol. The van der Waals surface area contributed by atoms with Crippen molar-refractivity contribution in [2.24, 2.45) is 0 Å². The largest absolute Gasteiger partial charge is 0.454 e. The predicted octanol–water partition coefficient (Wildman–Crippen LogP) is 2.05. The minimum absolute atomic E-state index is 0.0976. The average molecular weight is 299 g/mol. The van der Waals surface area contributed by atoms with Crippen LogP contribution in [0.1, 0.15) is 22.8 Å². The highest BCUT2D eigenvalue weighted by atomic mass is 16.7. The SMILES string of the molecule is C[C@](O)(CNC(=O)c1ccccc1)c1ccc2c(c1)OCO2. The molecule has 0 saturated carbocycles. The van der Waals surface area contributed by atoms with Gasteiger partial charge in [-0.3, -0.25) is 4.79 Å². The lowest BCUT2D eigenvalue weighted by Gasteiger charge is -2.24. The molecule has 5 nitrogen and oxygen atoms in total. The molecule has 3 rings (SSSR count). The van der Waals surface area contributed by atoms with Gasteiger partial charge >= 0.3 is 0 Å². The van der Waals surface area contributed by atoms with E-state index in [1.807, 2.05) is 6.07 Å². The molecule has 2 aromatic rings. The topological polar surface area (TPSA) is 67.8 Å². The van der Waals surface area contributed by atoms with Gasteiger partial charge in [-0.1, -0.05) is 24.3 Å². The third kappa shape index (κ3) is 2.89. The standard InChI is InChI=1S/C17H17NO4/c1-17(20,10-18-16(19)12-5-3-2-4-6-12)13-7-8-14-15(9-13)22-11-21-14/h2-9,20H,10-11H2,1H3,(H,18,19)/t17-/m0/s1. The lowest BCUT2D eigenvalue weighted by molar-refractivity contribution is 0.0525. The molecule has 0 spiro atoms. The molecule has 0 aliphatic carbocycles. The number of hydrogen-bond donors (Lipinski definition) is 2. The molecule has 1 atom stereocenters. The van der Waals surface area contributed by atoms with Gasteiger partial charge in [0.1, 0.15) is 5.60 Å². The normalized spacial score (nSPS) is 15.2. The van der Waals surface area contributed by atoms with Crippen molar-refractivity contribution in [1.82, 2.24) is 5.32 Å². The van der Waals surface area contributed by atoms with E-state index in [1.54, 1.807) is 49.4 Å². The Morgan fingerprint density at radius 3 is 2.68 bits per heavy atom. The van der Waals surface area contributed by atoms with Gasteiger partial charge in [0.15, 0.2) is 11.5 Å². The molecule has 2 aromatic carbocycles. The van der Waals surface area contributed by atoms with Crippen LogP contribution in [0.3, 0.4) is 0 Å². The van der Waals surface area contributed by atoms with Crippen LogP contribution in [0.25, 0.3) is 0 Å². The molecule has 1 heterocycles. The van der Waals surface area contributed by atoms with E-state index in [4.69, 9.17) is 9.47 Å². The summed E-state index contributed by atoms with van der Waals surface area (Å²) in [4.78, 5) is 12.0. The third-order valence-corrected chi connectivity index (χ3v) is 3.62. The molecule has 1 aliphatic heterocycles. The number of aliphatic hydroxyl groups is 1. The van der Waals surface area contributed by atoms with E-state index < -0.39 is 5.60 Å². The first-order valence-electron chi connectivity index (χ1n) is 7.02. The number of carbonyl (C=O) groups is 1. The molecule has 2 N–H and O–H groups in total. The van der Waals surface area contributed by atoms with E-state index in [2.05, 4.69) is 5.32 Å². The summed E-state index contributed by atoms with van der Waals surface area (Å²) < 4.78 is 10.6. The van der Waals surface area contributed by atoms with Crippen molar-refractivity contribution >= 4 is 5.91 Å². The van der Waals surface area contributed by atoms with Gasteiger partial charge in [-0.15, -0.1) is 0 Å². The maximum Gasteiger partial charge on any atom is 0.251 e. The number of fused-ring (bicyclic) bond motifs is 1. The van der Waals surface area contributed by atoms with Crippen LogP contribution >= 0.6 is 0 Å². The number of benzene rings is 2. The Morgan fingerprint density at radius 1 is 1.18 bits per heavy atom. The molecule has 0 unspecified atom stereocenters. The monoisotopic (exact) mass is 299 g/mol. The highest BCUT2D eigenvalue weighted by molar-refractivity contribution is 5.94. The van der Waals surface area contributed by atoms with Crippen LogP contribution < -0.4 is 14.8 Å². The first-order chi connectivity index (χ1) is 10.6. The quantitative estimate of drug-likeness (QED) is 0.906. The average Bonchev–Trinajstić information content (AvgIpc) is 3.01. The van der Waals surface area contributed by atoms with E-state index >= 15 is 0 Å². The van der Waals surface area contributed by atoms with Gasteiger partial charge in [-0.05, 0) is 36.8 Å². The van der Waals surface area contributed by atoms with Gasteiger partial charge in [0, 0.05) is 5.56 Å². The van der Waals surface area contributed by atoms with Gasteiger partial charge in [-0.25, -0.2) is 0 Å². The van der Waals surface area contributed by atoms with Crippen LogP contribution in [0.4, 0.5) is 0 Å². The molecular formula is C17H17NO4. The van der Waals surface area contributed by atoms with Crippen LogP contribution in [-0.2, 0) is 5.60 Å². The minimum Gasteiger partial charge on any atom is -0.454 e. The second-order valence-electron chi connectivity index (χ2n) is 5.39. The molecular weight excluding hydrogens is 282 g/mol. The van der Waals surface area contributed by atoms with Crippen LogP contribution in [0.15, 0.2) is 48.5 Å². The Bertz CT molecular complexity index is 682. The number of amides is 1. The highest BCUT2D eigenvalue weighted by Gasteiger charge is 2.26. The fourth-order valence-electron chi connectivity index (χ4n) is 2.28. The summed E-state index contributed by atoms with van der Waals surface area (Å²) in [5.74, 6) is 1.04. The van der Waals surface area contributed by atoms with Crippen LogP contribution in [-0.4, -0.2) is 24.4 Å². The maximum absolute atomic E-state index is 12.0. The molecule has 0 radical (unpaired) electrons. The smallest absolute Gasteiger partial charge is 0.251 e. The molecule has 1 amide bonds. The first kappa shape index (κ1) is 14.4. The Morgan fingerprint density at radius 2 is 1.91 bits per heavy atom. The Balaban J connectivity index is 1.69. The second-order valence-corrected chi connectivity index (χ2v) is 5.39. The number of rotatable bonds is 4. The van der Waals surface area contributed by atoms with Crippen molar-refractivity contribution in [3.63, 3.8) is 0 Å². The highest BCUT2D eigenvalue weighted by Crippen LogP contribution is 2.35. The van der Waals surface area contributed by atoms with Gasteiger partial charge in [0.25, 0.3) is 5.91 Å². The number of ether oxygens (including phenoxy) is 2. The minimum atomic E-state index is -1.20. The second kappa shape index (κ2) is 5.69. The van der Waals surface area contributed by atoms with E-state index in [1.165, 1.54) is 0 Å². The van der Waals surface area contributed by atoms with Gasteiger partial charge < -0.3 is 19.9 Å². The fourth-order valence-corrected chi connectivity index (χ4v) is 2.28. The molecule has 114 valence electrons. The number of hydrogen-bond acceptors (Lipinski definition) is 4. The lowest BCUT2D eigenvalue weighted by Crippen LogP contribution is -2.38. The van der Waals surface area contributed by atoms with Crippen molar-refractivity contribution in [2.75, 3.05) is 13.3 Å². The summed E-state index contributed by atoms with van der Waals surface area (Å²) in [6, 6.07) is 14.1. The summed E-state index contributed by atoms with van der Waals surface area (Å²) in [6.45, 7) is 1.93. The Kier molecular flexibility index (Phi) is 3.73. The summed E-state index contributed by atoms with van der Waals surface area (Å²) in [5, 5.41) is 13.3. The molecule has 1 aliphatic rings. The number of nitrogens with one attached hydrogen (secondary N) is 1. The third-order valence-electron chi connectivity index (χ3n) is 3.62. The van der Waals surface area contributed by atoms with Crippen molar-refractivity contribution < 1.29 is 19.4 Å². The fraction of sp³-hybridized carbons (Fsp3) is 0.235. The van der Waals surface area contributed by atoms with Crippen molar-refractivity contribution in [2.45, 2.75) is 12.5 Å². The van der Waals surface area contributed by atoms with Crippen LogP contribution in [0, 0.1) is 0 Å². The summed E-state index contributed by atoms with van der Waals surface area (Å²) >= 11 is 0. The molecule has 0 saturated heterocycles. The molecule has 5 heteroatoms. The summed E-state index contributed by atoms with van der Waals surface area (Å²) in [5.41, 5.74) is 0.0138. The van der Waals surface area contributed by atoms with E-state index in [0.717, 1.165) is 0 Å². The first-order valence-corrected chi connectivity index (χ1v) is 7.02. The van der Waals surface area contributed by atoms with E-state index in [-0.39, 0.29) is 19.2 Å². The molecule has 0 aromatic heterocycles. The zero-order valence-corrected chi connectivity index (χ0v) is 12.2. The van der Waals surface area contributed by atoms with E-state index in [0.29, 0.717) is 22.6 Å². The maximum atomic E-state index is 12.0. The summed E-state index contributed by atoms with van der Waals surface area (Å²) in [6.07, 6.45) is 0. The molecule has 22 heavy (non-hydrogen) atoms. The van der Waals surface area contributed by atoms with Crippen LogP contribution in [0.5, 0.6) is 11.5 Å². The van der Waals surface area contributed by atoms with Crippen molar-refractivity contribution in [3.05, 3.63) is 59.7 Å². The van der Waals surface area contributed by atoms with Gasteiger partial charge in [-0.2, -0.15) is 0 Å². The lowest BCUT2D eigenvalue weighted by atomic mass is 9.95. The van der Waals surface area contributed by atoms with Gasteiger partial charge in [0.2, 0.25) is 6.79 Å². The van der Waals surface area contributed by atoms with E-state index in [9.17, 15) is 9.90 Å².